The van der Waals surface area contributed by atoms with Crippen LogP contribution in [0.3, 0.4) is 0 Å². The molecule has 0 aromatic heterocycles. The fraction of sp³-hybridized carbons (Fsp3) is 1.00. The molecule has 0 spiro atoms. The van der Waals surface area contributed by atoms with Crippen LogP contribution in [0.2, 0.25) is 0 Å². The summed E-state index contributed by atoms with van der Waals surface area (Å²) in [6.45, 7) is 0. The molecule has 0 bridgehead atoms. The summed E-state index contributed by atoms with van der Waals surface area (Å²) in [5, 5.41) is 13.6. The third-order valence-corrected chi connectivity index (χ3v) is 0. The van der Waals surface area contributed by atoms with E-state index in [1.54, 1.807) is 0 Å². The molecule has 0 amide bonds. The van der Waals surface area contributed by atoms with Crippen molar-refractivity contribution in [2.45, 2.75) is 5.19 Å². The van der Waals surface area contributed by atoms with E-state index in [1.807, 2.05) is 0 Å². The van der Waals surface area contributed by atoms with E-state index in [0.29, 0.717) is 0 Å². The van der Waals surface area contributed by atoms with Crippen LogP contribution in [0.1, 0.15) is 0 Å². The third-order valence-electron chi connectivity index (χ3n) is 0. The summed E-state index contributed by atoms with van der Waals surface area (Å²) in [5.41, 5.74) is 0. The molecule has 0 aliphatic rings. The second-order valence-corrected chi connectivity index (χ2v) is 0.868. The van der Waals surface area contributed by atoms with E-state index in [2.05, 4.69) is 16.0 Å². The number of hydrogen-bond donors (Lipinski definition) is 2. The van der Waals surface area contributed by atoms with Crippen LogP contribution in [0.25, 0.3) is 0 Å². The van der Waals surface area contributed by atoms with E-state index in [-0.39, 0.29) is 0 Å². The van der Waals surface area contributed by atoms with Crippen LogP contribution in [0.15, 0.2) is 0 Å². The molecule has 0 fully saturated rings. The van der Waals surface area contributed by atoms with Crippen molar-refractivity contribution in [1.82, 2.24) is 0 Å². The van der Waals surface area contributed by atoms with Gasteiger partial charge in [0.15, 0.2) is 0 Å². The Morgan fingerprint density at radius 3 is 1.50 bits per heavy atom. The molecular formula is CH3FeO2. The molecule has 0 aliphatic heterocycles. The van der Waals surface area contributed by atoms with Gasteiger partial charge in [0.25, 0.3) is 0 Å². The zero-order valence-electron chi connectivity index (χ0n) is 1.83. The topological polar surface area (TPSA) is 40.5 Å². The zero-order valence-corrected chi connectivity index (χ0v) is 2.93. The molecule has 0 heterocycles. The first-order chi connectivity index (χ1) is 1.73. The first-order valence-corrected chi connectivity index (χ1v) is 1.36. The first kappa shape index (κ1) is 4.44. The van der Waals surface area contributed by atoms with Gasteiger partial charge in [0.05, 0.1) is 0 Å². The molecular weight excluding hydrogens is 99.9 g/mol. The van der Waals surface area contributed by atoms with Gasteiger partial charge in [-0.15, -0.1) is 0 Å². The van der Waals surface area contributed by atoms with Gasteiger partial charge in [-0.1, -0.05) is 0 Å². The van der Waals surface area contributed by atoms with Crippen molar-refractivity contribution in [3.8, 4) is 0 Å². The van der Waals surface area contributed by atoms with E-state index in [4.69, 9.17) is 10.2 Å². The molecule has 3 heteroatoms. The van der Waals surface area contributed by atoms with Crippen LogP contribution < -0.4 is 0 Å². The van der Waals surface area contributed by atoms with Crippen LogP contribution in [-0.2, 0) is 16.0 Å². The summed E-state index contributed by atoms with van der Waals surface area (Å²) >= 11 is 2.75. The van der Waals surface area contributed by atoms with Crippen LogP contribution in [0.5, 0.6) is 0 Å². The van der Waals surface area contributed by atoms with Crippen LogP contribution >= 0.6 is 0 Å². The number of aliphatic hydroxyl groups is 2. The standard InChI is InChI=1S/CH3O2.Fe/c2-1-3;/h1-3H;. The van der Waals surface area contributed by atoms with Crippen LogP contribution in [-0.4, -0.2) is 15.4 Å². The first-order valence-electron chi connectivity index (χ1n) is 0.721. The monoisotopic (exact) mass is 103 g/mol. The molecule has 2 nitrogen and oxygen atoms in total. The SMILES string of the molecule is O[CH](O)[Fe]. The van der Waals surface area contributed by atoms with Crippen LogP contribution in [0, 0.1) is 0 Å². The summed E-state index contributed by atoms with van der Waals surface area (Å²) in [6.07, 6.45) is 0. The fourth-order valence-electron chi connectivity index (χ4n) is 0. The summed E-state index contributed by atoms with van der Waals surface area (Å²) < 4.78 is 0. The van der Waals surface area contributed by atoms with E-state index < -0.39 is 5.19 Å². The average molecular weight is 103 g/mol. The van der Waals surface area contributed by atoms with Gasteiger partial charge in [-0.3, -0.25) is 0 Å². The van der Waals surface area contributed by atoms with E-state index in [0.717, 1.165) is 0 Å². The minimum absolute atomic E-state index is 1.42. The molecule has 0 unspecified atom stereocenters. The van der Waals surface area contributed by atoms with Gasteiger partial charge in [0.1, 0.15) is 0 Å². The minimum atomic E-state index is -1.42. The Kier molecular flexibility index (Phi) is 1.92. The number of rotatable bonds is 0. The average Bonchev–Trinajstić information content (AvgIpc) is 0.811. The predicted molar refractivity (Wildman–Crippen MR) is 8.23 cm³/mol. The van der Waals surface area contributed by atoms with E-state index in [1.165, 1.54) is 0 Å². The molecule has 0 aromatic carbocycles. The van der Waals surface area contributed by atoms with Crippen molar-refractivity contribution in [3.63, 3.8) is 0 Å². The second kappa shape index (κ2) is 1.73. The quantitative estimate of drug-likeness (QED) is 0.298. The molecule has 0 radical (unpaired) electrons. The Balaban J connectivity index is 2.32. The van der Waals surface area contributed by atoms with Gasteiger partial charge < -0.3 is 0 Å². The van der Waals surface area contributed by atoms with Crippen LogP contribution in [0.4, 0.5) is 0 Å². The van der Waals surface area contributed by atoms with Crippen molar-refractivity contribution in [1.29, 1.82) is 0 Å². The summed E-state index contributed by atoms with van der Waals surface area (Å²) in [6, 6.07) is 0. The van der Waals surface area contributed by atoms with Crippen molar-refractivity contribution < 1.29 is 26.2 Å². The van der Waals surface area contributed by atoms with Crippen molar-refractivity contribution >= 4 is 0 Å². The second-order valence-electron chi connectivity index (χ2n) is 0.298. The van der Waals surface area contributed by atoms with Gasteiger partial charge >= 0.3 is 31.4 Å². The molecule has 27 valence electrons. The number of hydrogen-bond acceptors (Lipinski definition) is 2. The van der Waals surface area contributed by atoms with Gasteiger partial charge in [0, 0.05) is 0 Å². The summed E-state index contributed by atoms with van der Waals surface area (Å²) in [7, 11) is 0. The molecule has 0 aliphatic carbocycles. The van der Waals surface area contributed by atoms with Gasteiger partial charge in [0.2, 0.25) is 0 Å². The Morgan fingerprint density at radius 2 is 1.50 bits per heavy atom. The van der Waals surface area contributed by atoms with Crippen molar-refractivity contribution in [2.24, 2.45) is 0 Å². The summed E-state index contributed by atoms with van der Waals surface area (Å²) in [4.78, 5) is 0. The normalized spacial score (nSPS) is 9.00. The van der Waals surface area contributed by atoms with E-state index >= 15 is 0 Å². The van der Waals surface area contributed by atoms with Gasteiger partial charge in [-0.2, -0.15) is 0 Å². The predicted octanol–water partition coefficient (Wildman–Crippen LogP) is -1.20. The molecule has 0 rings (SSSR count). The summed E-state index contributed by atoms with van der Waals surface area (Å²) in [5.74, 6) is 0. The fourth-order valence-corrected chi connectivity index (χ4v) is 0. The van der Waals surface area contributed by atoms with Crippen molar-refractivity contribution in [2.75, 3.05) is 0 Å². The Labute approximate surface area is 32.3 Å². The molecule has 0 atom stereocenters. The van der Waals surface area contributed by atoms with E-state index in [9.17, 15) is 0 Å². The van der Waals surface area contributed by atoms with Gasteiger partial charge in [-0.25, -0.2) is 0 Å². The third kappa shape index (κ3) is 26.2. The molecule has 0 saturated carbocycles. The molecule has 0 aromatic rings. The Hall–Kier alpha value is 0.439. The molecule has 2 N–H and O–H groups in total. The van der Waals surface area contributed by atoms with Crippen molar-refractivity contribution in [3.05, 3.63) is 0 Å². The molecule has 4 heavy (non-hydrogen) atoms. The Bertz CT molecular complexity index is 10.8. The zero-order chi connectivity index (χ0) is 3.58. The maximum absolute atomic E-state index is 7.50. The molecule has 0 saturated heterocycles. The number of aliphatic hydroxyl groups excluding tert-OH is 1. The Morgan fingerprint density at radius 1 is 1.50 bits per heavy atom. The van der Waals surface area contributed by atoms with Gasteiger partial charge in [-0.05, 0) is 0 Å². The maximum atomic E-state index is 7.50.